The van der Waals surface area contributed by atoms with Gasteiger partial charge in [-0.25, -0.2) is 13.1 Å². The Bertz CT molecular complexity index is 579. The summed E-state index contributed by atoms with van der Waals surface area (Å²) in [6.45, 7) is 3.42. The number of hydrogen-bond donors (Lipinski definition) is 2. The van der Waals surface area contributed by atoms with Gasteiger partial charge in [-0.1, -0.05) is 37.0 Å². The summed E-state index contributed by atoms with van der Waals surface area (Å²) in [4.78, 5) is 11.4. The second kappa shape index (κ2) is 5.98. The molecule has 0 spiro atoms. The van der Waals surface area contributed by atoms with Gasteiger partial charge in [0.15, 0.2) is 0 Å². The highest BCUT2D eigenvalue weighted by Crippen LogP contribution is 2.30. The van der Waals surface area contributed by atoms with E-state index in [1.165, 1.54) is 0 Å². The fourth-order valence-corrected chi connectivity index (χ4v) is 2.94. The van der Waals surface area contributed by atoms with Crippen LogP contribution in [0.3, 0.4) is 0 Å². The first-order valence-electron chi connectivity index (χ1n) is 5.50. The maximum atomic E-state index is 12.0. The highest BCUT2D eigenvalue weighted by atomic mass is 35.5. The van der Waals surface area contributed by atoms with Gasteiger partial charge in [0.05, 0.1) is 20.6 Å². The number of benzene rings is 1. The Morgan fingerprint density at radius 1 is 1.37 bits per heavy atom. The van der Waals surface area contributed by atoms with Gasteiger partial charge in [0.25, 0.3) is 10.0 Å². The number of halogens is 2. The molecule has 0 heterocycles. The van der Waals surface area contributed by atoms with E-state index in [1.54, 1.807) is 13.8 Å². The largest absolute Gasteiger partial charge is 0.396 e. The van der Waals surface area contributed by atoms with E-state index in [9.17, 15) is 13.2 Å². The molecule has 0 fully saturated rings. The van der Waals surface area contributed by atoms with E-state index < -0.39 is 21.8 Å². The maximum Gasteiger partial charge on any atom is 0.264 e. The molecule has 5 nitrogen and oxygen atoms in total. The first-order chi connectivity index (χ1) is 8.69. The van der Waals surface area contributed by atoms with E-state index in [2.05, 4.69) is 0 Å². The number of anilines is 1. The second-order valence-electron chi connectivity index (χ2n) is 4.08. The van der Waals surface area contributed by atoms with Crippen LogP contribution in [0, 0.1) is 5.92 Å². The molecule has 0 aliphatic carbocycles. The lowest BCUT2D eigenvalue weighted by molar-refractivity contribution is -0.122. The summed E-state index contributed by atoms with van der Waals surface area (Å²) in [5.41, 5.74) is 5.61. The standard InChI is InChI=1S/C11H14Cl2N2O3S/c1-3-6(2)11(16)15-19(17,18)7-4-8(12)10(14)9(13)5-7/h4-6H,3,14H2,1-2H3,(H,15,16)/t6-/m1/s1. The van der Waals surface area contributed by atoms with Crippen molar-refractivity contribution in [3.05, 3.63) is 22.2 Å². The minimum Gasteiger partial charge on any atom is -0.396 e. The minimum absolute atomic E-state index is 0.0175. The molecule has 0 unspecified atom stereocenters. The van der Waals surface area contributed by atoms with Crippen LogP contribution in [0.25, 0.3) is 0 Å². The third-order valence-corrected chi connectivity index (χ3v) is 4.61. The molecular weight excluding hydrogens is 311 g/mol. The Balaban J connectivity index is 3.11. The van der Waals surface area contributed by atoms with Crippen molar-refractivity contribution in [3.63, 3.8) is 0 Å². The Morgan fingerprint density at radius 2 is 1.84 bits per heavy atom. The average molecular weight is 325 g/mol. The van der Waals surface area contributed by atoms with Crippen LogP contribution >= 0.6 is 23.2 Å². The Morgan fingerprint density at radius 3 is 2.26 bits per heavy atom. The molecule has 19 heavy (non-hydrogen) atoms. The van der Waals surface area contributed by atoms with Gasteiger partial charge in [0.1, 0.15) is 0 Å². The predicted octanol–water partition coefficient (Wildman–Crippen LogP) is 2.43. The lowest BCUT2D eigenvalue weighted by Gasteiger charge is -2.12. The third kappa shape index (κ3) is 3.75. The van der Waals surface area contributed by atoms with Crippen LogP contribution < -0.4 is 10.5 Å². The summed E-state index contributed by atoms with van der Waals surface area (Å²) in [7, 11) is -4.00. The molecule has 0 bridgehead atoms. The van der Waals surface area contributed by atoms with Crippen molar-refractivity contribution in [2.45, 2.75) is 25.2 Å². The molecule has 8 heteroatoms. The summed E-state index contributed by atoms with van der Waals surface area (Å²) < 4.78 is 25.9. The first-order valence-corrected chi connectivity index (χ1v) is 7.74. The van der Waals surface area contributed by atoms with Gasteiger partial charge in [-0.3, -0.25) is 4.79 Å². The molecular formula is C11H14Cl2N2O3S. The zero-order valence-electron chi connectivity index (χ0n) is 10.4. The van der Waals surface area contributed by atoms with Crippen LogP contribution in [-0.2, 0) is 14.8 Å². The SMILES string of the molecule is CC[C@@H](C)C(=O)NS(=O)(=O)c1cc(Cl)c(N)c(Cl)c1. The molecule has 1 atom stereocenters. The minimum atomic E-state index is -4.00. The van der Waals surface area contributed by atoms with Crippen molar-refractivity contribution in [2.75, 3.05) is 5.73 Å². The van der Waals surface area contributed by atoms with Crippen molar-refractivity contribution in [2.24, 2.45) is 5.92 Å². The third-order valence-electron chi connectivity index (χ3n) is 2.66. The smallest absolute Gasteiger partial charge is 0.264 e. The van der Waals surface area contributed by atoms with Crippen molar-refractivity contribution < 1.29 is 13.2 Å². The highest BCUT2D eigenvalue weighted by molar-refractivity contribution is 7.90. The van der Waals surface area contributed by atoms with Gasteiger partial charge in [-0.2, -0.15) is 0 Å². The van der Waals surface area contributed by atoms with E-state index in [1.807, 2.05) is 4.72 Å². The van der Waals surface area contributed by atoms with Gasteiger partial charge in [0, 0.05) is 5.92 Å². The molecule has 0 aliphatic rings. The molecule has 1 aromatic rings. The Kier molecular flexibility index (Phi) is 5.06. The van der Waals surface area contributed by atoms with Crippen LogP contribution in [0.5, 0.6) is 0 Å². The lowest BCUT2D eigenvalue weighted by atomic mass is 10.1. The van der Waals surface area contributed by atoms with Crippen LogP contribution in [0.2, 0.25) is 10.0 Å². The van der Waals surface area contributed by atoms with Crippen LogP contribution in [0.1, 0.15) is 20.3 Å². The summed E-state index contributed by atoms with van der Waals surface area (Å²) >= 11 is 11.5. The normalized spacial score (nSPS) is 13.1. The molecule has 106 valence electrons. The molecule has 0 aromatic heterocycles. The van der Waals surface area contributed by atoms with Gasteiger partial charge in [-0.05, 0) is 18.6 Å². The number of nitrogens with one attached hydrogen (secondary N) is 1. The fourth-order valence-electron chi connectivity index (χ4n) is 1.19. The van der Waals surface area contributed by atoms with Crippen molar-refractivity contribution in [1.29, 1.82) is 0 Å². The number of sulfonamides is 1. The number of carbonyl (C=O) groups excluding carboxylic acids is 1. The molecule has 0 saturated heterocycles. The molecule has 3 N–H and O–H groups in total. The predicted molar refractivity (Wildman–Crippen MR) is 75.7 cm³/mol. The number of hydrogen-bond acceptors (Lipinski definition) is 4. The van der Waals surface area contributed by atoms with Crippen molar-refractivity contribution in [3.8, 4) is 0 Å². The number of nitrogen functional groups attached to an aromatic ring is 1. The Hall–Kier alpha value is -0.980. The van der Waals surface area contributed by atoms with Gasteiger partial charge in [0.2, 0.25) is 5.91 Å². The maximum absolute atomic E-state index is 12.0. The van der Waals surface area contributed by atoms with Crippen molar-refractivity contribution >= 4 is 44.8 Å². The zero-order chi connectivity index (χ0) is 14.8. The number of nitrogens with two attached hydrogens (primary N) is 1. The fraction of sp³-hybridized carbons (Fsp3) is 0.364. The summed E-state index contributed by atoms with van der Waals surface area (Å²) in [5, 5.41) is 0.0349. The number of amides is 1. The summed E-state index contributed by atoms with van der Waals surface area (Å²) in [6.07, 6.45) is 0.532. The van der Waals surface area contributed by atoms with E-state index in [0.717, 1.165) is 12.1 Å². The van der Waals surface area contributed by atoms with Crippen LogP contribution in [-0.4, -0.2) is 14.3 Å². The molecule has 0 radical (unpaired) electrons. The van der Waals surface area contributed by atoms with Gasteiger partial charge in [-0.15, -0.1) is 0 Å². The molecule has 1 rings (SSSR count). The lowest BCUT2D eigenvalue weighted by Crippen LogP contribution is -2.34. The Labute approximate surface area is 122 Å². The first kappa shape index (κ1) is 16.1. The molecule has 0 aliphatic heterocycles. The zero-order valence-corrected chi connectivity index (χ0v) is 12.7. The monoisotopic (exact) mass is 324 g/mol. The van der Waals surface area contributed by atoms with Gasteiger partial charge < -0.3 is 5.73 Å². The van der Waals surface area contributed by atoms with E-state index >= 15 is 0 Å². The quantitative estimate of drug-likeness (QED) is 0.832. The van der Waals surface area contributed by atoms with Gasteiger partial charge >= 0.3 is 0 Å². The van der Waals surface area contributed by atoms with E-state index in [4.69, 9.17) is 28.9 Å². The molecule has 1 amide bonds. The molecule has 1 aromatic carbocycles. The topological polar surface area (TPSA) is 89.3 Å². The average Bonchev–Trinajstić information content (AvgIpc) is 2.33. The summed E-state index contributed by atoms with van der Waals surface area (Å²) in [6, 6.07) is 2.30. The summed E-state index contributed by atoms with van der Waals surface area (Å²) in [5.74, 6) is -0.985. The second-order valence-corrected chi connectivity index (χ2v) is 6.58. The molecule has 0 saturated carbocycles. The van der Waals surface area contributed by atoms with E-state index in [-0.39, 0.29) is 20.6 Å². The van der Waals surface area contributed by atoms with Crippen LogP contribution in [0.15, 0.2) is 17.0 Å². The number of carbonyl (C=O) groups is 1. The van der Waals surface area contributed by atoms with Crippen molar-refractivity contribution in [1.82, 2.24) is 4.72 Å². The van der Waals surface area contributed by atoms with E-state index in [0.29, 0.717) is 6.42 Å². The van der Waals surface area contributed by atoms with Crippen LogP contribution in [0.4, 0.5) is 5.69 Å². The highest BCUT2D eigenvalue weighted by Gasteiger charge is 2.22. The number of rotatable bonds is 4.